The van der Waals surface area contributed by atoms with Gasteiger partial charge in [-0.15, -0.1) is 0 Å². The van der Waals surface area contributed by atoms with Crippen molar-refractivity contribution in [3.8, 4) is 16.9 Å². The van der Waals surface area contributed by atoms with Crippen LogP contribution in [0.1, 0.15) is 37.4 Å². The van der Waals surface area contributed by atoms with Crippen LogP contribution in [-0.4, -0.2) is 16.0 Å². The molecule has 0 bridgehead atoms. The zero-order valence-corrected chi connectivity index (χ0v) is 17.7. The number of hydrogen-bond acceptors (Lipinski definition) is 3. The van der Waals surface area contributed by atoms with E-state index in [4.69, 9.17) is 0 Å². The number of fused-ring (bicyclic) bond motifs is 1. The molecule has 0 fully saturated rings. The van der Waals surface area contributed by atoms with Crippen LogP contribution in [0.5, 0.6) is 5.75 Å². The van der Waals surface area contributed by atoms with Crippen molar-refractivity contribution < 1.29 is 9.90 Å². The second-order valence-corrected chi connectivity index (χ2v) is 8.17. The Morgan fingerprint density at radius 1 is 0.903 bits per heavy atom. The van der Waals surface area contributed by atoms with Crippen molar-refractivity contribution in [2.24, 2.45) is 5.92 Å². The second-order valence-electron chi connectivity index (χ2n) is 8.17. The molecule has 0 radical (unpaired) electrons. The standard InChI is InChI=1S/C27H26N2O2/c1-18(2)17-24(30)29-25(23-15-14-21-9-6-16-28-26(21)27(23)31)22-12-10-20(11-13-22)19-7-4-3-5-8-19/h3-16,18,25,31H,17H2,1-2H3,(H,29,30). The summed E-state index contributed by atoms with van der Waals surface area (Å²) in [6.45, 7) is 4.03. The van der Waals surface area contributed by atoms with Gasteiger partial charge in [0, 0.05) is 23.6 Å². The lowest BCUT2D eigenvalue weighted by atomic mass is 9.94. The Kier molecular flexibility index (Phi) is 5.99. The Morgan fingerprint density at radius 2 is 1.61 bits per heavy atom. The summed E-state index contributed by atoms with van der Waals surface area (Å²) in [5, 5.41) is 15.0. The maximum absolute atomic E-state index is 12.7. The number of phenols is 1. The van der Waals surface area contributed by atoms with Crippen molar-refractivity contribution in [3.63, 3.8) is 0 Å². The molecule has 1 amide bonds. The van der Waals surface area contributed by atoms with E-state index in [1.54, 1.807) is 6.20 Å². The lowest BCUT2D eigenvalue weighted by molar-refractivity contribution is -0.122. The zero-order chi connectivity index (χ0) is 21.8. The van der Waals surface area contributed by atoms with Gasteiger partial charge in [-0.2, -0.15) is 0 Å². The normalized spacial score (nSPS) is 12.1. The van der Waals surface area contributed by atoms with Gasteiger partial charge in [-0.1, -0.05) is 86.6 Å². The maximum Gasteiger partial charge on any atom is 0.221 e. The summed E-state index contributed by atoms with van der Waals surface area (Å²) < 4.78 is 0. The van der Waals surface area contributed by atoms with Gasteiger partial charge in [0.1, 0.15) is 11.3 Å². The number of phenolic OH excluding ortho intramolecular Hbond substituents is 1. The molecule has 1 atom stereocenters. The molecule has 0 saturated carbocycles. The average Bonchev–Trinajstić information content (AvgIpc) is 2.78. The highest BCUT2D eigenvalue weighted by molar-refractivity contribution is 5.86. The zero-order valence-electron chi connectivity index (χ0n) is 17.7. The molecule has 1 aromatic heterocycles. The van der Waals surface area contributed by atoms with Crippen molar-refractivity contribution in [3.05, 3.63) is 96.2 Å². The molecule has 4 rings (SSSR count). The molecule has 2 N–H and O–H groups in total. The van der Waals surface area contributed by atoms with Gasteiger partial charge in [0.15, 0.2) is 0 Å². The number of nitrogens with zero attached hydrogens (tertiary/aromatic N) is 1. The van der Waals surface area contributed by atoms with E-state index in [-0.39, 0.29) is 17.6 Å². The van der Waals surface area contributed by atoms with Crippen LogP contribution in [0.4, 0.5) is 0 Å². The van der Waals surface area contributed by atoms with Gasteiger partial charge >= 0.3 is 0 Å². The molecular weight excluding hydrogens is 384 g/mol. The lowest BCUT2D eigenvalue weighted by Crippen LogP contribution is -2.30. The summed E-state index contributed by atoms with van der Waals surface area (Å²) in [5.41, 5.74) is 4.30. The number of amides is 1. The minimum absolute atomic E-state index is 0.0485. The maximum atomic E-state index is 12.7. The number of carbonyl (C=O) groups excluding carboxylic acids is 1. The van der Waals surface area contributed by atoms with E-state index in [9.17, 15) is 9.90 Å². The van der Waals surface area contributed by atoms with Crippen molar-refractivity contribution in [1.29, 1.82) is 0 Å². The topological polar surface area (TPSA) is 62.2 Å². The van der Waals surface area contributed by atoms with E-state index in [2.05, 4.69) is 22.4 Å². The highest BCUT2D eigenvalue weighted by atomic mass is 16.3. The summed E-state index contributed by atoms with van der Waals surface area (Å²) in [6.07, 6.45) is 2.08. The first-order chi connectivity index (χ1) is 15.0. The number of benzene rings is 3. The van der Waals surface area contributed by atoms with Crippen LogP contribution >= 0.6 is 0 Å². The average molecular weight is 411 g/mol. The first-order valence-electron chi connectivity index (χ1n) is 10.5. The SMILES string of the molecule is CC(C)CC(=O)NC(c1ccc(-c2ccccc2)cc1)c1ccc2cccnc2c1O. The molecule has 0 aliphatic rings. The summed E-state index contributed by atoms with van der Waals surface area (Å²) >= 11 is 0. The third kappa shape index (κ3) is 4.58. The van der Waals surface area contributed by atoms with Gasteiger partial charge in [-0.05, 0) is 28.7 Å². The van der Waals surface area contributed by atoms with Gasteiger partial charge in [0.2, 0.25) is 5.91 Å². The lowest BCUT2D eigenvalue weighted by Gasteiger charge is -2.22. The Balaban J connectivity index is 1.74. The minimum Gasteiger partial charge on any atom is -0.505 e. The predicted octanol–water partition coefficient (Wildman–Crippen LogP) is 5.86. The first-order valence-corrected chi connectivity index (χ1v) is 10.5. The van der Waals surface area contributed by atoms with Gasteiger partial charge in [-0.25, -0.2) is 0 Å². The fourth-order valence-corrected chi connectivity index (χ4v) is 3.81. The van der Waals surface area contributed by atoms with Crippen LogP contribution in [0, 0.1) is 5.92 Å². The highest BCUT2D eigenvalue weighted by Crippen LogP contribution is 2.35. The predicted molar refractivity (Wildman–Crippen MR) is 125 cm³/mol. The molecule has 4 nitrogen and oxygen atoms in total. The van der Waals surface area contributed by atoms with Crippen LogP contribution in [0.25, 0.3) is 22.0 Å². The summed E-state index contributed by atoms with van der Waals surface area (Å²) in [4.78, 5) is 17.0. The van der Waals surface area contributed by atoms with E-state index in [0.29, 0.717) is 17.5 Å². The minimum atomic E-state index is -0.470. The van der Waals surface area contributed by atoms with Crippen molar-refractivity contribution in [2.45, 2.75) is 26.3 Å². The third-order valence-corrected chi connectivity index (χ3v) is 5.34. The van der Waals surface area contributed by atoms with E-state index in [0.717, 1.165) is 22.1 Å². The van der Waals surface area contributed by atoms with Crippen LogP contribution in [0.15, 0.2) is 85.1 Å². The van der Waals surface area contributed by atoms with Crippen molar-refractivity contribution in [2.75, 3.05) is 0 Å². The Labute approximate surface area is 182 Å². The molecule has 0 saturated heterocycles. The van der Waals surface area contributed by atoms with Gasteiger partial charge < -0.3 is 10.4 Å². The van der Waals surface area contributed by atoms with Crippen LogP contribution in [0.2, 0.25) is 0 Å². The van der Waals surface area contributed by atoms with Gasteiger partial charge in [0.25, 0.3) is 0 Å². The molecule has 0 aliphatic heterocycles. The third-order valence-electron chi connectivity index (χ3n) is 5.34. The summed E-state index contributed by atoms with van der Waals surface area (Å²) in [6, 6.07) is 25.3. The molecule has 0 aliphatic carbocycles. The van der Waals surface area contributed by atoms with Gasteiger partial charge in [0.05, 0.1) is 6.04 Å². The molecule has 4 heteroatoms. The van der Waals surface area contributed by atoms with E-state index in [1.807, 2.05) is 80.6 Å². The van der Waals surface area contributed by atoms with Crippen molar-refractivity contribution in [1.82, 2.24) is 10.3 Å². The molecule has 31 heavy (non-hydrogen) atoms. The number of aromatic hydroxyl groups is 1. The number of nitrogens with one attached hydrogen (secondary N) is 1. The monoisotopic (exact) mass is 410 g/mol. The quantitative estimate of drug-likeness (QED) is 0.418. The van der Waals surface area contributed by atoms with Gasteiger partial charge in [-0.3, -0.25) is 9.78 Å². The second kappa shape index (κ2) is 9.00. The van der Waals surface area contributed by atoms with Crippen molar-refractivity contribution >= 4 is 16.8 Å². The number of rotatable bonds is 6. The van der Waals surface area contributed by atoms with Crippen LogP contribution < -0.4 is 5.32 Å². The Morgan fingerprint density at radius 3 is 2.32 bits per heavy atom. The van der Waals surface area contributed by atoms with Crippen LogP contribution in [0.3, 0.4) is 0 Å². The Hall–Kier alpha value is -3.66. The molecule has 0 spiro atoms. The highest BCUT2D eigenvalue weighted by Gasteiger charge is 2.22. The molecule has 1 unspecified atom stereocenters. The fraction of sp³-hybridized carbons (Fsp3) is 0.185. The summed E-state index contributed by atoms with van der Waals surface area (Å²) in [5.74, 6) is 0.292. The number of carbonyl (C=O) groups is 1. The number of aromatic nitrogens is 1. The molecule has 4 aromatic rings. The van der Waals surface area contributed by atoms with E-state index >= 15 is 0 Å². The van der Waals surface area contributed by atoms with E-state index < -0.39 is 6.04 Å². The molecular formula is C27H26N2O2. The largest absolute Gasteiger partial charge is 0.505 e. The van der Waals surface area contributed by atoms with E-state index in [1.165, 1.54) is 0 Å². The first kappa shape index (κ1) is 20.6. The smallest absolute Gasteiger partial charge is 0.221 e. The fourth-order valence-electron chi connectivity index (χ4n) is 3.81. The molecule has 156 valence electrons. The number of hydrogen-bond donors (Lipinski definition) is 2. The summed E-state index contributed by atoms with van der Waals surface area (Å²) in [7, 11) is 0. The Bertz CT molecular complexity index is 1190. The molecule has 3 aromatic carbocycles. The molecule has 1 heterocycles. The van der Waals surface area contributed by atoms with Crippen LogP contribution in [-0.2, 0) is 4.79 Å². The number of pyridine rings is 1.